The van der Waals surface area contributed by atoms with Crippen molar-refractivity contribution >= 4 is 27.5 Å². The first-order chi connectivity index (χ1) is 12.5. The van der Waals surface area contributed by atoms with E-state index in [0.717, 1.165) is 26.5 Å². The Balaban J connectivity index is 1.54. The monoisotopic (exact) mass is 369 g/mol. The lowest BCUT2D eigenvalue weighted by atomic mass is 10.2. The second-order valence-corrected chi connectivity index (χ2v) is 7.46. The molecule has 3 aromatic rings. The van der Waals surface area contributed by atoms with Crippen molar-refractivity contribution in [2.75, 3.05) is 27.7 Å². The molecule has 0 unspecified atom stereocenters. The summed E-state index contributed by atoms with van der Waals surface area (Å²) < 4.78 is 6.32. The number of benzene rings is 2. The third-order valence-corrected chi connectivity index (χ3v) is 5.17. The molecule has 1 heterocycles. The molecule has 0 saturated carbocycles. The number of fused-ring (bicyclic) bond motifs is 1. The lowest BCUT2D eigenvalue weighted by Gasteiger charge is -2.21. The van der Waals surface area contributed by atoms with Gasteiger partial charge in [-0.1, -0.05) is 24.3 Å². The second kappa shape index (κ2) is 8.29. The van der Waals surface area contributed by atoms with Crippen molar-refractivity contribution in [3.05, 3.63) is 59.1 Å². The van der Waals surface area contributed by atoms with Gasteiger partial charge in [0.25, 0.3) is 0 Å². The van der Waals surface area contributed by atoms with Crippen molar-refractivity contribution in [2.45, 2.75) is 13.1 Å². The van der Waals surface area contributed by atoms with E-state index >= 15 is 0 Å². The summed E-state index contributed by atoms with van der Waals surface area (Å²) in [4.78, 5) is 20.9. The molecule has 1 amide bonds. The first kappa shape index (κ1) is 18.4. The highest BCUT2D eigenvalue weighted by molar-refractivity contribution is 7.18. The number of likely N-dealkylation sites (N-methyl/N-ethyl adjacent to an activating group) is 2. The van der Waals surface area contributed by atoms with Crippen LogP contribution in [0.5, 0.6) is 5.75 Å². The molecule has 0 atom stereocenters. The number of methoxy groups -OCH3 is 1. The first-order valence-corrected chi connectivity index (χ1v) is 9.26. The number of hydrogen-bond donors (Lipinski definition) is 0. The Bertz CT molecular complexity index is 843. The van der Waals surface area contributed by atoms with Gasteiger partial charge >= 0.3 is 0 Å². The summed E-state index contributed by atoms with van der Waals surface area (Å²) in [6.07, 6.45) is 0. The number of thiazole rings is 1. The van der Waals surface area contributed by atoms with Crippen LogP contribution in [0.4, 0.5) is 0 Å². The van der Waals surface area contributed by atoms with Gasteiger partial charge in [0, 0.05) is 13.6 Å². The Morgan fingerprint density at radius 1 is 1.08 bits per heavy atom. The minimum Gasteiger partial charge on any atom is -0.497 e. The highest BCUT2D eigenvalue weighted by Crippen LogP contribution is 2.22. The van der Waals surface area contributed by atoms with E-state index in [1.807, 2.05) is 61.5 Å². The molecule has 0 spiro atoms. The molecule has 0 N–H and O–H groups in total. The first-order valence-electron chi connectivity index (χ1n) is 8.45. The van der Waals surface area contributed by atoms with Crippen LogP contribution in [0.2, 0.25) is 0 Å². The van der Waals surface area contributed by atoms with E-state index in [0.29, 0.717) is 19.6 Å². The average Bonchev–Trinajstić information content (AvgIpc) is 3.04. The second-order valence-electron chi connectivity index (χ2n) is 6.35. The molecule has 0 radical (unpaired) electrons. The Kier molecular flexibility index (Phi) is 5.85. The Labute approximate surface area is 157 Å². The molecule has 136 valence electrons. The molecule has 26 heavy (non-hydrogen) atoms. The number of rotatable bonds is 7. The van der Waals surface area contributed by atoms with Crippen molar-refractivity contribution in [3.63, 3.8) is 0 Å². The molecule has 0 saturated heterocycles. The van der Waals surface area contributed by atoms with Crippen molar-refractivity contribution in [1.82, 2.24) is 14.8 Å². The fraction of sp³-hybridized carbons (Fsp3) is 0.300. The Morgan fingerprint density at radius 2 is 1.81 bits per heavy atom. The van der Waals surface area contributed by atoms with Crippen molar-refractivity contribution in [3.8, 4) is 5.75 Å². The molecule has 0 fully saturated rings. The predicted octanol–water partition coefficient (Wildman–Crippen LogP) is 3.40. The van der Waals surface area contributed by atoms with Gasteiger partial charge in [0.15, 0.2) is 0 Å². The molecule has 2 aromatic carbocycles. The summed E-state index contributed by atoms with van der Waals surface area (Å²) in [7, 11) is 5.43. The van der Waals surface area contributed by atoms with Gasteiger partial charge in [-0.2, -0.15) is 0 Å². The average molecular weight is 369 g/mol. The minimum absolute atomic E-state index is 0.0836. The molecular formula is C20H23N3O2S. The molecule has 0 aliphatic rings. The lowest BCUT2D eigenvalue weighted by Crippen LogP contribution is -2.36. The van der Waals surface area contributed by atoms with E-state index in [9.17, 15) is 4.79 Å². The maximum atomic E-state index is 12.5. The zero-order chi connectivity index (χ0) is 18.5. The van der Waals surface area contributed by atoms with E-state index in [1.165, 1.54) is 0 Å². The molecule has 6 heteroatoms. The number of ether oxygens (including phenoxy) is 1. The van der Waals surface area contributed by atoms with Gasteiger partial charge in [0.05, 0.1) is 30.4 Å². The SMILES string of the molecule is COc1ccc(CN(C)CC(=O)N(C)Cc2nc3ccccc3s2)cc1. The van der Waals surface area contributed by atoms with Gasteiger partial charge in [0.1, 0.15) is 10.8 Å². The predicted molar refractivity (Wildman–Crippen MR) is 105 cm³/mol. The summed E-state index contributed by atoms with van der Waals surface area (Å²) in [6.45, 7) is 1.62. The molecule has 0 bridgehead atoms. The van der Waals surface area contributed by atoms with E-state index < -0.39 is 0 Å². The van der Waals surface area contributed by atoms with Crippen molar-refractivity contribution in [2.24, 2.45) is 0 Å². The number of aromatic nitrogens is 1. The third kappa shape index (κ3) is 4.59. The zero-order valence-electron chi connectivity index (χ0n) is 15.3. The van der Waals surface area contributed by atoms with E-state index in [-0.39, 0.29) is 5.91 Å². The standard InChI is InChI=1S/C20H23N3O2S/c1-22(12-15-8-10-16(25-3)11-9-15)14-20(24)23(2)13-19-21-17-6-4-5-7-18(17)26-19/h4-11H,12-14H2,1-3H3. The summed E-state index contributed by atoms with van der Waals surface area (Å²) in [5.41, 5.74) is 2.14. The van der Waals surface area contributed by atoms with Crippen LogP contribution in [0.25, 0.3) is 10.2 Å². The van der Waals surface area contributed by atoms with Crippen molar-refractivity contribution < 1.29 is 9.53 Å². The quantitative estimate of drug-likeness (QED) is 0.640. The minimum atomic E-state index is 0.0836. The number of nitrogens with zero attached hydrogens (tertiary/aromatic N) is 3. The van der Waals surface area contributed by atoms with Crippen LogP contribution in [-0.2, 0) is 17.9 Å². The molecule has 5 nitrogen and oxygen atoms in total. The van der Waals surface area contributed by atoms with Gasteiger partial charge in [-0.05, 0) is 36.9 Å². The third-order valence-electron chi connectivity index (χ3n) is 4.15. The fourth-order valence-electron chi connectivity index (χ4n) is 2.73. The molecule has 3 rings (SSSR count). The van der Waals surface area contributed by atoms with Gasteiger partial charge in [-0.25, -0.2) is 4.98 Å². The lowest BCUT2D eigenvalue weighted by molar-refractivity contribution is -0.131. The summed E-state index contributed by atoms with van der Waals surface area (Å²) >= 11 is 1.64. The summed E-state index contributed by atoms with van der Waals surface area (Å²) in [6, 6.07) is 16.0. The van der Waals surface area contributed by atoms with Crippen LogP contribution >= 0.6 is 11.3 Å². The highest BCUT2D eigenvalue weighted by atomic mass is 32.1. The van der Waals surface area contributed by atoms with E-state index in [1.54, 1.807) is 23.3 Å². The largest absolute Gasteiger partial charge is 0.497 e. The van der Waals surface area contributed by atoms with Crippen LogP contribution in [0.15, 0.2) is 48.5 Å². The number of para-hydroxylation sites is 1. The number of carbonyl (C=O) groups is 1. The van der Waals surface area contributed by atoms with E-state index in [2.05, 4.69) is 11.1 Å². The number of hydrogen-bond acceptors (Lipinski definition) is 5. The number of amides is 1. The Morgan fingerprint density at radius 3 is 2.50 bits per heavy atom. The normalized spacial score (nSPS) is 11.1. The van der Waals surface area contributed by atoms with Crippen LogP contribution in [0.3, 0.4) is 0 Å². The zero-order valence-corrected chi connectivity index (χ0v) is 16.1. The maximum Gasteiger partial charge on any atom is 0.236 e. The highest BCUT2D eigenvalue weighted by Gasteiger charge is 2.14. The summed E-state index contributed by atoms with van der Waals surface area (Å²) in [5.74, 6) is 0.920. The van der Waals surface area contributed by atoms with Crippen LogP contribution < -0.4 is 4.74 Å². The van der Waals surface area contributed by atoms with Crippen LogP contribution in [0, 0.1) is 0 Å². The maximum absolute atomic E-state index is 12.5. The van der Waals surface area contributed by atoms with Gasteiger partial charge < -0.3 is 9.64 Å². The van der Waals surface area contributed by atoms with Gasteiger partial charge in [-0.3, -0.25) is 9.69 Å². The molecular weight excluding hydrogens is 346 g/mol. The molecule has 0 aliphatic carbocycles. The van der Waals surface area contributed by atoms with Gasteiger partial charge in [-0.15, -0.1) is 11.3 Å². The van der Waals surface area contributed by atoms with E-state index in [4.69, 9.17) is 4.74 Å². The van der Waals surface area contributed by atoms with Crippen LogP contribution in [0.1, 0.15) is 10.6 Å². The Hall–Kier alpha value is -2.44. The van der Waals surface area contributed by atoms with Crippen molar-refractivity contribution in [1.29, 1.82) is 0 Å². The molecule has 1 aromatic heterocycles. The van der Waals surface area contributed by atoms with Gasteiger partial charge in [0.2, 0.25) is 5.91 Å². The smallest absolute Gasteiger partial charge is 0.236 e. The fourth-order valence-corrected chi connectivity index (χ4v) is 3.75. The summed E-state index contributed by atoms with van der Waals surface area (Å²) in [5, 5.41) is 0.958. The molecule has 0 aliphatic heterocycles. The topological polar surface area (TPSA) is 45.7 Å². The number of carbonyl (C=O) groups excluding carboxylic acids is 1. The van der Waals surface area contributed by atoms with Crippen LogP contribution in [-0.4, -0.2) is 48.4 Å².